The van der Waals surface area contributed by atoms with Gasteiger partial charge in [-0.25, -0.2) is 9.97 Å². The number of nitrogens with two attached hydrogens (primary N) is 1. The third-order valence-electron chi connectivity index (χ3n) is 5.68. The lowest BCUT2D eigenvalue weighted by Crippen LogP contribution is -2.21. The molecule has 0 bridgehead atoms. The molecule has 3 N–H and O–H groups in total. The number of pyridine rings is 1. The predicted molar refractivity (Wildman–Crippen MR) is 116 cm³/mol. The van der Waals surface area contributed by atoms with Gasteiger partial charge in [0.05, 0.1) is 5.69 Å². The van der Waals surface area contributed by atoms with E-state index >= 15 is 0 Å². The van der Waals surface area contributed by atoms with Crippen molar-refractivity contribution in [2.24, 2.45) is 0 Å². The van der Waals surface area contributed by atoms with Crippen molar-refractivity contribution in [1.29, 1.82) is 0 Å². The lowest BCUT2D eigenvalue weighted by molar-refractivity contribution is 0.296. The van der Waals surface area contributed by atoms with Gasteiger partial charge in [0.25, 0.3) is 0 Å². The summed E-state index contributed by atoms with van der Waals surface area (Å²) in [6.07, 6.45) is 8.58. The minimum absolute atomic E-state index is 0.231. The number of thioether (sulfide) groups is 1. The van der Waals surface area contributed by atoms with E-state index in [2.05, 4.69) is 38.1 Å². The van der Waals surface area contributed by atoms with E-state index < -0.39 is 0 Å². The largest absolute Gasteiger partial charge is 0.399 e. The summed E-state index contributed by atoms with van der Waals surface area (Å²) < 4.78 is 0. The Morgan fingerprint density at radius 1 is 1.10 bits per heavy atom. The van der Waals surface area contributed by atoms with E-state index in [9.17, 15) is 0 Å². The summed E-state index contributed by atoms with van der Waals surface area (Å²) in [4.78, 5) is 17.1. The molecule has 3 heterocycles. The average molecular weight is 406 g/mol. The molecule has 0 saturated heterocycles. The lowest BCUT2D eigenvalue weighted by Gasteiger charge is -2.18. The minimum atomic E-state index is 0.231. The molecule has 1 aromatic carbocycles. The van der Waals surface area contributed by atoms with Gasteiger partial charge in [-0.2, -0.15) is 0 Å². The number of nitrogens with zero attached hydrogens (tertiary/aromatic N) is 4. The van der Waals surface area contributed by atoms with E-state index in [-0.39, 0.29) is 12.0 Å². The number of hydrogen-bond donors (Lipinski definition) is 2. The maximum Gasteiger partial charge on any atom is 0.229 e. The fraction of sp³-hybridized carbons (Fsp3) is 0.318. The highest BCUT2D eigenvalue weighted by Gasteiger charge is 2.52. The number of aromatic nitrogens is 3. The predicted octanol–water partition coefficient (Wildman–Crippen LogP) is 3.78. The fourth-order valence-corrected chi connectivity index (χ4v) is 4.82. The van der Waals surface area contributed by atoms with Crippen LogP contribution in [0.5, 0.6) is 0 Å². The van der Waals surface area contributed by atoms with Gasteiger partial charge in [0.1, 0.15) is 0 Å². The fourth-order valence-electron chi connectivity index (χ4n) is 3.96. The van der Waals surface area contributed by atoms with Gasteiger partial charge >= 0.3 is 0 Å². The summed E-state index contributed by atoms with van der Waals surface area (Å²) in [7, 11) is 0. The van der Waals surface area contributed by atoms with Crippen LogP contribution in [0.1, 0.15) is 24.8 Å². The van der Waals surface area contributed by atoms with Crippen molar-refractivity contribution >= 4 is 29.1 Å². The van der Waals surface area contributed by atoms with Crippen molar-refractivity contribution in [2.75, 3.05) is 29.5 Å². The summed E-state index contributed by atoms with van der Waals surface area (Å²) in [6, 6.07) is 10.3. The first-order valence-electron chi connectivity index (χ1n) is 9.88. The third-order valence-corrected chi connectivity index (χ3v) is 6.76. The van der Waals surface area contributed by atoms with Crippen LogP contribution < -0.4 is 10.6 Å². The molecule has 1 saturated carbocycles. The Hall–Kier alpha value is -2.64. The van der Waals surface area contributed by atoms with Gasteiger partial charge < -0.3 is 15.7 Å². The van der Waals surface area contributed by atoms with E-state index in [4.69, 9.17) is 10.8 Å². The highest BCUT2D eigenvalue weighted by molar-refractivity contribution is 7.99. The second-order valence-corrected chi connectivity index (χ2v) is 8.89. The molecule has 1 aliphatic carbocycles. The number of anilines is 3. The van der Waals surface area contributed by atoms with Crippen molar-refractivity contribution in [3.05, 3.63) is 54.5 Å². The molecule has 0 unspecified atom stereocenters. The zero-order chi connectivity index (χ0) is 19.8. The van der Waals surface area contributed by atoms with Crippen LogP contribution in [0.4, 0.5) is 17.3 Å². The van der Waals surface area contributed by atoms with E-state index in [1.807, 2.05) is 18.5 Å². The lowest BCUT2D eigenvalue weighted by atomic mass is 9.99. The molecular formula is C22H23N5OS. The van der Waals surface area contributed by atoms with Crippen LogP contribution in [-0.4, -0.2) is 39.0 Å². The van der Waals surface area contributed by atoms with Crippen LogP contribution in [0.15, 0.2) is 53.8 Å². The molecule has 148 valence electrons. The first-order valence-corrected chi connectivity index (χ1v) is 10.9. The van der Waals surface area contributed by atoms with E-state index in [1.165, 1.54) is 29.0 Å². The standard InChI is InChI=1S/C22H23N5OS/c23-16-4-7-24-19(10-16)15-12-25-21(26-13-15)27-14-22(5-6-22)18-3-2-17(11-20(18)27)29-9-1-8-28/h2-4,7,10-13,28H,1,5-6,8-9,14H2,(H2,23,24). The molecule has 2 aliphatic rings. The van der Waals surface area contributed by atoms with Gasteiger partial charge in [0.2, 0.25) is 5.95 Å². The molecule has 1 spiro atoms. The van der Waals surface area contributed by atoms with Gasteiger partial charge in [-0.15, -0.1) is 11.8 Å². The van der Waals surface area contributed by atoms with Crippen molar-refractivity contribution in [1.82, 2.24) is 15.0 Å². The smallest absolute Gasteiger partial charge is 0.229 e. The number of hydrogen-bond acceptors (Lipinski definition) is 7. The number of rotatable bonds is 6. The molecule has 0 radical (unpaired) electrons. The second-order valence-electron chi connectivity index (χ2n) is 7.72. The Morgan fingerprint density at radius 3 is 2.66 bits per heavy atom. The molecule has 5 rings (SSSR count). The van der Waals surface area contributed by atoms with E-state index in [0.717, 1.165) is 35.9 Å². The molecule has 3 aromatic rings. The van der Waals surface area contributed by atoms with Crippen LogP contribution in [-0.2, 0) is 5.41 Å². The molecule has 0 amide bonds. The number of aliphatic hydroxyl groups excluding tert-OH is 1. The van der Waals surface area contributed by atoms with Crippen molar-refractivity contribution < 1.29 is 5.11 Å². The maximum atomic E-state index is 9.04. The van der Waals surface area contributed by atoms with Crippen molar-refractivity contribution in [3.8, 4) is 11.3 Å². The van der Waals surface area contributed by atoms with Crippen LogP contribution in [0.2, 0.25) is 0 Å². The minimum Gasteiger partial charge on any atom is -0.399 e. The molecule has 29 heavy (non-hydrogen) atoms. The van der Waals surface area contributed by atoms with E-state index in [0.29, 0.717) is 5.69 Å². The Balaban J connectivity index is 1.44. The quantitative estimate of drug-likeness (QED) is 0.477. The van der Waals surface area contributed by atoms with Crippen LogP contribution in [0.25, 0.3) is 11.3 Å². The topological polar surface area (TPSA) is 88.2 Å². The summed E-state index contributed by atoms with van der Waals surface area (Å²) in [5, 5.41) is 9.04. The Bertz CT molecular complexity index is 1040. The van der Waals surface area contributed by atoms with Gasteiger partial charge in [-0.05, 0) is 49.1 Å². The number of nitrogen functional groups attached to an aromatic ring is 1. The molecule has 1 fully saturated rings. The summed E-state index contributed by atoms with van der Waals surface area (Å²) in [5.41, 5.74) is 11.1. The molecule has 6 nitrogen and oxygen atoms in total. The number of aliphatic hydroxyl groups is 1. The van der Waals surface area contributed by atoms with Crippen LogP contribution >= 0.6 is 11.8 Å². The molecule has 2 aromatic heterocycles. The first-order chi connectivity index (χ1) is 14.2. The monoisotopic (exact) mass is 405 g/mol. The molecule has 7 heteroatoms. The average Bonchev–Trinajstić information content (AvgIpc) is 3.45. The maximum absolute atomic E-state index is 9.04. The van der Waals surface area contributed by atoms with E-state index in [1.54, 1.807) is 24.0 Å². The molecule has 1 aliphatic heterocycles. The highest BCUT2D eigenvalue weighted by Crippen LogP contribution is 2.58. The van der Waals surface area contributed by atoms with Gasteiger partial charge in [-0.3, -0.25) is 4.98 Å². The van der Waals surface area contributed by atoms with Gasteiger partial charge in [0.15, 0.2) is 0 Å². The highest BCUT2D eigenvalue weighted by atomic mass is 32.2. The Kier molecular flexibility index (Phi) is 4.64. The zero-order valence-corrected chi connectivity index (χ0v) is 16.9. The first kappa shape index (κ1) is 18.4. The van der Waals surface area contributed by atoms with Crippen LogP contribution in [0.3, 0.4) is 0 Å². The zero-order valence-electron chi connectivity index (χ0n) is 16.1. The SMILES string of the molecule is Nc1ccnc(-c2cnc(N3CC4(CC4)c4ccc(SCCCO)cc43)nc2)c1. The Morgan fingerprint density at radius 2 is 1.93 bits per heavy atom. The molecular weight excluding hydrogens is 382 g/mol. The summed E-state index contributed by atoms with van der Waals surface area (Å²) in [6.45, 7) is 1.16. The third kappa shape index (κ3) is 3.45. The van der Waals surface area contributed by atoms with Crippen molar-refractivity contribution in [2.45, 2.75) is 29.6 Å². The van der Waals surface area contributed by atoms with Crippen LogP contribution in [0, 0.1) is 0 Å². The van der Waals surface area contributed by atoms with Gasteiger partial charge in [-0.1, -0.05) is 6.07 Å². The number of fused-ring (bicyclic) bond motifs is 2. The molecule has 0 atom stereocenters. The van der Waals surface area contributed by atoms with Gasteiger partial charge in [0, 0.05) is 64.7 Å². The normalized spacial score (nSPS) is 16.2. The second kappa shape index (κ2) is 7.31. The Labute approximate surface area is 174 Å². The van der Waals surface area contributed by atoms with Crippen molar-refractivity contribution in [3.63, 3.8) is 0 Å². The summed E-state index contributed by atoms with van der Waals surface area (Å²) >= 11 is 1.78. The number of benzene rings is 1. The summed E-state index contributed by atoms with van der Waals surface area (Å²) in [5.74, 6) is 1.64.